The van der Waals surface area contributed by atoms with Gasteiger partial charge < -0.3 is 10.2 Å². The largest absolute Gasteiger partial charge is 0.350 e. The van der Waals surface area contributed by atoms with Gasteiger partial charge in [0, 0.05) is 19.1 Å². The number of nitrogens with zero attached hydrogens (tertiary/aromatic N) is 3. The second kappa shape index (κ2) is 6.09. The Morgan fingerprint density at radius 3 is 2.89 bits per heavy atom. The van der Waals surface area contributed by atoms with Crippen molar-refractivity contribution in [3.8, 4) is 0 Å². The summed E-state index contributed by atoms with van der Waals surface area (Å²) in [6.45, 7) is 6.68. The van der Waals surface area contributed by atoms with Crippen molar-refractivity contribution in [2.75, 3.05) is 24.5 Å². The molecular formula is C13H21FN4. The number of likely N-dealkylation sites (N-methyl/N-ethyl adjacent to an activating group) is 1. The van der Waals surface area contributed by atoms with Crippen LogP contribution < -0.4 is 10.2 Å². The van der Waals surface area contributed by atoms with Gasteiger partial charge in [0.05, 0.1) is 5.69 Å². The maximum atomic E-state index is 14.3. The number of aromatic nitrogens is 2. The molecule has 18 heavy (non-hydrogen) atoms. The summed E-state index contributed by atoms with van der Waals surface area (Å²) in [5.74, 6) is 0.200. The summed E-state index contributed by atoms with van der Waals surface area (Å²) in [6, 6.07) is 0.331. The van der Waals surface area contributed by atoms with Crippen LogP contribution in [0.15, 0.2) is 6.33 Å². The van der Waals surface area contributed by atoms with E-state index >= 15 is 0 Å². The molecule has 1 unspecified atom stereocenters. The molecule has 1 aliphatic rings. The zero-order valence-corrected chi connectivity index (χ0v) is 11.1. The summed E-state index contributed by atoms with van der Waals surface area (Å²) >= 11 is 0. The van der Waals surface area contributed by atoms with Gasteiger partial charge in [-0.1, -0.05) is 6.92 Å². The number of rotatable bonds is 4. The first-order valence-electron chi connectivity index (χ1n) is 6.74. The number of halogens is 1. The molecule has 0 saturated carbocycles. The molecule has 5 heteroatoms. The molecule has 0 aromatic carbocycles. The molecule has 1 N–H and O–H groups in total. The number of hydrogen-bond donors (Lipinski definition) is 1. The number of nitrogens with one attached hydrogen (secondary N) is 1. The van der Waals surface area contributed by atoms with Crippen molar-refractivity contribution in [1.82, 2.24) is 15.3 Å². The lowest BCUT2D eigenvalue weighted by Gasteiger charge is -2.35. The third-order valence-electron chi connectivity index (χ3n) is 3.50. The Labute approximate surface area is 108 Å². The fourth-order valence-electron chi connectivity index (χ4n) is 2.52. The van der Waals surface area contributed by atoms with E-state index in [1.165, 1.54) is 6.33 Å². The van der Waals surface area contributed by atoms with Gasteiger partial charge in [0.25, 0.3) is 0 Å². The van der Waals surface area contributed by atoms with Crippen LogP contribution >= 0.6 is 0 Å². The molecule has 0 aliphatic carbocycles. The third kappa shape index (κ3) is 2.61. The molecule has 2 rings (SSSR count). The van der Waals surface area contributed by atoms with Crippen LogP contribution in [0.25, 0.3) is 0 Å². The summed E-state index contributed by atoms with van der Waals surface area (Å²) in [4.78, 5) is 10.2. The molecule has 0 spiro atoms. The van der Waals surface area contributed by atoms with E-state index in [0.717, 1.165) is 32.5 Å². The summed E-state index contributed by atoms with van der Waals surface area (Å²) in [5, 5.41) is 3.36. The molecule has 1 saturated heterocycles. The van der Waals surface area contributed by atoms with Crippen LogP contribution in [0.3, 0.4) is 0 Å². The van der Waals surface area contributed by atoms with E-state index in [4.69, 9.17) is 0 Å². The van der Waals surface area contributed by atoms with Gasteiger partial charge in [0.15, 0.2) is 11.6 Å². The van der Waals surface area contributed by atoms with Gasteiger partial charge in [-0.05, 0) is 32.7 Å². The number of hydrogen-bond acceptors (Lipinski definition) is 4. The van der Waals surface area contributed by atoms with Gasteiger partial charge in [0.2, 0.25) is 0 Å². The van der Waals surface area contributed by atoms with Gasteiger partial charge in [-0.3, -0.25) is 0 Å². The summed E-state index contributed by atoms with van der Waals surface area (Å²) < 4.78 is 14.3. The van der Waals surface area contributed by atoms with Crippen LogP contribution in [-0.2, 0) is 6.42 Å². The Morgan fingerprint density at radius 1 is 1.44 bits per heavy atom. The van der Waals surface area contributed by atoms with Crippen LogP contribution in [0.4, 0.5) is 10.2 Å². The molecule has 0 bridgehead atoms. The van der Waals surface area contributed by atoms with Gasteiger partial charge in [-0.2, -0.15) is 0 Å². The molecule has 1 aromatic rings. The van der Waals surface area contributed by atoms with E-state index in [1.54, 1.807) is 0 Å². The van der Waals surface area contributed by atoms with Gasteiger partial charge in [0.1, 0.15) is 6.33 Å². The highest BCUT2D eigenvalue weighted by Gasteiger charge is 2.24. The van der Waals surface area contributed by atoms with E-state index < -0.39 is 0 Å². The minimum absolute atomic E-state index is 0.257. The normalized spacial score (nSPS) is 19.8. The topological polar surface area (TPSA) is 41.1 Å². The predicted molar refractivity (Wildman–Crippen MR) is 70.3 cm³/mol. The van der Waals surface area contributed by atoms with Crippen LogP contribution in [0.5, 0.6) is 0 Å². The lowest BCUT2D eigenvalue weighted by atomic mass is 10.1. The summed E-state index contributed by atoms with van der Waals surface area (Å²) in [6.07, 6.45) is 4.29. The smallest absolute Gasteiger partial charge is 0.187 e. The van der Waals surface area contributed by atoms with Crippen LogP contribution in [0.2, 0.25) is 0 Å². The van der Waals surface area contributed by atoms with Gasteiger partial charge in [-0.25, -0.2) is 14.4 Å². The van der Waals surface area contributed by atoms with E-state index in [9.17, 15) is 4.39 Å². The first-order chi connectivity index (χ1) is 8.77. The highest BCUT2D eigenvalue weighted by molar-refractivity contribution is 5.42. The Morgan fingerprint density at radius 2 is 2.28 bits per heavy atom. The van der Waals surface area contributed by atoms with Crippen LogP contribution in [0.1, 0.15) is 32.4 Å². The second-order valence-corrected chi connectivity index (χ2v) is 4.60. The lowest BCUT2D eigenvalue weighted by molar-refractivity contribution is 0.427. The quantitative estimate of drug-likeness (QED) is 0.886. The molecule has 4 nitrogen and oxygen atoms in total. The number of piperidine rings is 1. The molecule has 2 heterocycles. The Hall–Kier alpha value is -1.23. The maximum Gasteiger partial charge on any atom is 0.187 e. The van der Waals surface area contributed by atoms with Crippen LogP contribution in [0, 0.1) is 5.82 Å². The van der Waals surface area contributed by atoms with Crippen molar-refractivity contribution in [2.45, 2.75) is 39.2 Å². The molecule has 1 fully saturated rings. The zero-order valence-electron chi connectivity index (χ0n) is 11.1. The average Bonchev–Trinajstić information content (AvgIpc) is 2.43. The van der Waals surface area contributed by atoms with Gasteiger partial charge in [-0.15, -0.1) is 0 Å². The first-order valence-corrected chi connectivity index (χ1v) is 6.74. The van der Waals surface area contributed by atoms with Crippen molar-refractivity contribution >= 4 is 5.82 Å². The Bertz CT molecular complexity index is 391. The molecule has 0 amide bonds. The molecule has 1 aliphatic heterocycles. The second-order valence-electron chi connectivity index (χ2n) is 4.60. The summed E-state index contributed by atoms with van der Waals surface area (Å²) in [5.41, 5.74) is 0.502. The molecule has 0 radical (unpaired) electrons. The van der Waals surface area contributed by atoms with Crippen molar-refractivity contribution in [1.29, 1.82) is 0 Å². The molecule has 1 atom stereocenters. The Balaban J connectivity index is 2.26. The summed E-state index contributed by atoms with van der Waals surface area (Å²) in [7, 11) is 0. The lowest BCUT2D eigenvalue weighted by Crippen LogP contribution is -2.46. The zero-order chi connectivity index (χ0) is 13.0. The van der Waals surface area contributed by atoms with E-state index in [-0.39, 0.29) is 5.82 Å². The third-order valence-corrected chi connectivity index (χ3v) is 3.50. The molecule has 1 aromatic heterocycles. The predicted octanol–water partition coefficient (Wildman–Crippen LogP) is 1.76. The minimum Gasteiger partial charge on any atom is -0.350 e. The van der Waals surface area contributed by atoms with Crippen molar-refractivity contribution in [3.63, 3.8) is 0 Å². The fourth-order valence-corrected chi connectivity index (χ4v) is 2.52. The van der Waals surface area contributed by atoms with Crippen molar-refractivity contribution in [3.05, 3.63) is 17.8 Å². The monoisotopic (exact) mass is 252 g/mol. The van der Waals surface area contributed by atoms with E-state index in [1.807, 2.05) is 13.8 Å². The first kappa shape index (κ1) is 13.2. The van der Waals surface area contributed by atoms with Crippen molar-refractivity contribution < 1.29 is 4.39 Å². The highest BCUT2D eigenvalue weighted by Crippen LogP contribution is 2.22. The SMILES string of the molecule is CCc1ncnc(N(CC)C2CCCNC2)c1F. The van der Waals surface area contributed by atoms with Crippen LogP contribution in [-0.4, -0.2) is 35.6 Å². The van der Waals surface area contributed by atoms with E-state index in [2.05, 4.69) is 20.2 Å². The number of aryl methyl sites for hydroxylation is 1. The molecular weight excluding hydrogens is 231 g/mol. The van der Waals surface area contributed by atoms with Gasteiger partial charge >= 0.3 is 0 Å². The maximum absolute atomic E-state index is 14.3. The number of anilines is 1. The fraction of sp³-hybridized carbons (Fsp3) is 0.692. The van der Waals surface area contributed by atoms with Crippen molar-refractivity contribution in [2.24, 2.45) is 0 Å². The Kier molecular flexibility index (Phi) is 4.47. The average molecular weight is 252 g/mol. The highest BCUT2D eigenvalue weighted by atomic mass is 19.1. The minimum atomic E-state index is -0.257. The van der Waals surface area contributed by atoms with E-state index in [0.29, 0.717) is 24.0 Å². The molecule has 100 valence electrons. The standard InChI is InChI=1S/C13H21FN4/c1-3-11-12(14)13(17-9-16-11)18(4-2)10-6-5-7-15-8-10/h9-10,15H,3-8H2,1-2H3.